The zero-order valence-electron chi connectivity index (χ0n) is 37.2. The second-order valence-electron chi connectivity index (χ2n) is 17.5. The van der Waals surface area contributed by atoms with Crippen molar-refractivity contribution >= 4 is 34.0 Å². The number of fused-ring (bicyclic) bond motifs is 3. The number of aromatic amines is 1. The number of anilines is 1. The molecule has 0 saturated carbocycles. The molecule has 1 aliphatic carbocycles. The van der Waals surface area contributed by atoms with Crippen molar-refractivity contribution in [2.45, 2.75) is 90.7 Å². The lowest BCUT2D eigenvalue weighted by atomic mass is 9.66. The third-order valence-corrected chi connectivity index (χ3v) is 13.2. The number of Topliss-reactive ketones (excluding diaryl/α,β-unsaturated/α-hetero) is 2. The van der Waals surface area contributed by atoms with E-state index in [2.05, 4.69) is 77.0 Å². The molecule has 4 aromatic rings. The van der Waals surface area contributed by atoms with Gasteiger partial charge in [-0.15, -0.1) is 0 Å². The van der Waals surface area contributed by atoms with Gasteiger partial charge in [0.1, 0.15) is 23.5 Å². The molecule has 63 heavy (non-hydrogen) atoms. The normalized spacial score (nSPS) is 23.1. The van der Waals surface area contributed by atoms with Crippen LogP contribution in [-0.2, 0) is 36.7 Å². The number of ether oxygens (including phenoxy) is 3. The van der Waals surface area contributed by atoms with Crippen LogP contribution in [0, 0.1) is 17.3 Å². The Morgan fingerprint density at radius 1 is 1.02 bits per heavy atom. The fourth-order valence-corrected chi connectivity index (χ4v) is 9.71. The average molecular weight is 859 g/mol. The number of aromatic nitrogens is 2. The van der Waals surface area contributed by atoms with Crippen molar-refractivity contribution in [1.82, 2.24) is 14.9 Å². The van der Waals surface area contributed by atoms with Crippen LogP contribution >= 0.6 is 0 Å². The maximum Gasteiger partial charge on any atom is 0.302 e. The van der Waals surface area contributed by atoms with Gasteiger partial charge < -0.3 is 44.2 Å². The van der Waals surface area contributed by atoms with E-state index in [9.17, 15) is 24.6 Å². The van der Waals surface area contributed by atoms with E-state index in [1.165, 1.54) is 36.8 Å². The third-order valence-electron chi connectivity index (χ3n) is 13.2. The van der Waals surface area contributed by atoms with Crippen LogP contribution < -0.4 is 15.0 Å². The summed E-state index contributed by atoms with van der Waals surface area (Å²) in [5.74, 6) is 0.0620. The van der Waals surface area contributed by atoms with Crippen molar-refractivity contribution < 1.29 is 38.8 Å². The molecule has 0 radical (unpaired) electrons. The fourth-order valence-electron chi connectivity index (χ4n) is 9.71. The van der Waals surface area contributed by atoms with Crippen molar-refractivity contribution in [2.75, 3.05) is 38.8 Å². The number of hydrogen-bond acceptors (Lipinski definition) is 10. The second kappa shape index (κ2) is 20.0. The summed E-state index contributed by atoms with van der Waals surface area (Å²) < 4.78 is 18.9. The summed E-state index contributed by atoms with van der Waals surface area (Å²) in [6.45, 7) is 6.94. The van der Waals surface area contributed by atoms with E-state index in [1.54, 1.807) is 20.1 Å². The zero-order chi connectivity index (χ0) is 44.7. The van der Waals surface area contributed by atoms with E-state index >= 15 is 0 Å². The van der Waals surface area contributed by atoms with Crippen molar-refractivity contribution in [1.29, 1.82) is 0 Å². The topological polar surface area (TPSA) is 155 Å². The first kappa shape index (κ1) is 45.0. The van der Waals surface area contributed by atoms with Gasteiger partial charge in [-0.05, 0) is 109 Å². The number of aromatic hydroxyl groups is 2. The summed E-state index contributed by atoms with van der Waals surface area (Å²) in [5, 5.41) is 27.0. The van der Waals surface area contributed by atoms with E-state index < -0.39 is 23.9 Å². The SMILES string of the molecule is COCCC[C@@H]1Cc2c[nH]cc2C[C@]2(C=CC=C[C@@H]2C)CC[C@@H](OC(C)=O)CC(=O)C[C@@H](c2cc(O)c(O)c(OC)c2)n2cc3cccc(c3c2)N(CCC(C)=O)C2=CC1=CCN2. The number of benzene rings is 2. The molecule has 7 rings (SSSR count). The molecule has 1 spiro atoms. The number of esters is 1. The summed E-state index contributed by atoms with van der Waals surface area (Å²) in [7, 11) is 3.15. The van der Waals surface area contributed by atoms with Gasteiger partial charge >= 0.3 is 5.97 Å². The summed E-state index contributed by atoms with van der Waals surface area (Å²) in [6, 6.07) is 8.52. The number of carbonyl (C=O) groups is 3. The van der Waals surface area contributed by atoms with Gasteiger partial charge in [-0.3, -0.25) is 14.4 Å². The molecule has 3 aliphatic rings. The average Bonchev–Trinajstić information content (AvgIpc) is 3.90. The smallest absolute Gasteiger partial charge is 0.302 e. The Morgan fingerprint density at radius 3 is 2.60 bits per heavy atom. The number of phenolic OH excluding ortho intramolecular Hbond substituents is 2. The van der Waals surface area contributed by atoms with Gasteiger partial charge in [0.25, 0.3) is 0 Å². The van der Waals surface area contributed by atoms with Crippen molar-refractivity contribution in [3.8, 4) is 17.2 Å². The number of nitrogens with one attached hydrogen (secondary N) is 2. The molecule has 334 valence electrons. The second-order valence-corrected chi connectivity index (χ2v) is 17.5. The number of hydrogen-bond donors (Lipinski definition) is 4. The van der Waals surface area contributed by atoms with Gasteiger partial charge in [-0.1, -0.05) is 49.4 Å². The summed E-state index contributed by atoms with van der Waals surface area (Å²) in [6.07, 6.45) is 25.7. The Hall–Kier alpha value is -6.01. The van der Waals surface area contributed by atoms with Crippen molar-refractivity contribution in [3.05, 3.63) is 120 Å². The Morgan fingerprint density at radius 2 is 1.84 bits per heavy atom. The molecule has 4 heterocycles. The Kier molecular flexibility index (Phi) is 14.3. The van der Waals surface area contributed by atoms with Crippen LogP contribution in [0.25, 0.3) is 10.8 Å². The van der Waals surface area contributed by atoms with Crippen LogP contribution in [0.1, 0.15) is 88.4 Å². The van der Waals surface area contributed by atoms with E-state index in [0.29, 0.717) is 44.5 Å². The highest BCUT2D eigenvalue weighted by molar-refractivity contribution is 5.95. The number of allylic oxidation sites excluding steroid dienone is 6. The molecule has 12 nitrogen and oxygen atoms in total. The molecule has 0 amide bonds. The van der Waals surface area contributed by atoms with Gasteiger partial charge in [-0.2, -0.15) is 0 Å². The summed E-state index contributed by atoms with van der Waals surface area (Å²) in [4.78, 5) is 45.4. The molecule has 4 N–H and O–H groups in total. The maximum absolute atomic E-state index is 14.5. The minimum absolute atomic E-state index is 0.000345. The number of carbonyl (C=O) groups excluding carboxylic acids is 3. The monoisotopic (exact) mass is 858 g/mol. The van der Waals surface area contributed by atoms with Gasteiger partial charge in [0.05, 0.1) is 18.8 Å². The van der Waals surface area contributed by atoms with E-state index in [0.717, 1.165) is 48.0 Å². The minimum Gasteiger partial charge on any atom is -0.504 e. The van der Waals surface area contributed by atoms with Gasteiger partial charge in [0.15, 0.2) is 11.5 Å². The first-order valence-corrected chi connectivity index (χ1v) is 22.2. The first-order valence-electron chi connectivity index (χ1n) is 22.2. The van der Waals surface area contributed by atoms with E-state index in [1.807, 2.05) is 29.1 Å². The van der Waals surface area contributed by atoms with Gasteiger partial charge in [-0.25, -0.2) is 0 Å². The van der Waals surface area contributed by atoms with Crippen LogP contribution in [-0.4, -0.2) is 77.3 Å². The number of nitrogens with zero attached hydrogens (tertiary/aromatic N) is 2. The first-order chi connectivity index (χ1) is 30.4. The lowest BCUT2D eigenvalue weighted by molar-refractivity contribution is -0.148. The molecular formula is C51H62N4O8. The third kappa shape index (κ3) is 10.4. The lowest BCUT2D eigenvalue weighted by Gasteiger charge is -2.38. The quantitative estimate of drug-likeness (QED) is 0.0691. The molecule has 5 atom stereocenters. The standard InChI is InChI=1S/C51H62N4O8/c1-33-10-6-7-17-51(33)18-14-43(63-35(3)57)26-42(58)27-46(39-23-47(59)50(60)48(24-39)62-5)54-31-38-11-8-13-45(44(38)32-54)55(20-16-34(2)56)49-25-37(15-19-53-49)36(12-9-21-61-4)22-40-29-52-30-41(40)28-51/h6-8,10-11,13,15,17,23-25,29-33,36,43,46,52-53,59-60H,9,12,14,16,18-22,26-28H2,1-5H3/t33-,36+,43+,46-,51-/m0/s1. The number of ketones is 2. The summed E-state index contributed by atoms with van der Waals surface area (Å²) in [5.41, 5.74) is 4.85. The maximum atomic E-state index is 14.5. The van der Waals surface area contributed by atoms with Crippen LogP contribution in [0.3, 0.4) is 0 Å². The van der Waals surface area contributed by atoms with E-state index in [4.69, 9.17) is 14.2 Å². The predicted octanol–water partition coefficient (Wildman–Crippen LogP) is 8.79. The van der Waals surface area contributed by atoms with Crippen molar-refractivity contribution in [3.63, 3.8) is 0 Å². The number of rotatable bonds is 10. The van der Waals surface area contributed by atoms with Crippen LogP contribution in [0.2, 0.25) is 0 Å². The van der Waals surface area contributed by atoms with Gasteiger partial charge in [0, 0.05) is 88.6 Å². The highest BCUT2D eigenvalue weighted by Gasteiger charge is 2.37. The molecule has 0 saturated heterocycles. The Balaban J connectivity index is 1.39. The van der Waals surface area contributed by atoms with E-state index in [-0.39, 0.29) is 53.2 Å². The van der Waals surface area contributed by atoms with Crippen LogP contribution in [0.15, 0.2) is 103 Å². The largest absolute Gasteiger partial charge is 0.504 e. The molecular weight excluding hydrogens is 797 g/mol. The molecule has 2 aliphatic heterocycles. The predicted molar refractivity (Wildman–Crippen MR) is 245 cm³/mol. The van der Waals surface area contributed by atoms with Crippen LogP contribution in [0.5, 0.6) is 17.2 Å². The number of H-pyrrole nitrogens is 1. The molecule has 0 fully saturated rings. The van der Waals surface area contributed by atoms with Gasteiger partial charge in [0.2, 0.25) is 5.75 Å². The number of methoxy groups -OCH3 is 2. The molecule has 12 heteroatoms. The summed E-state index contributed by atoms with van der Waals surface area (Å²) >= 11 is 0. The lowest BCUT2D eigenvalue weighted by Crippen LogP contribution is -2.36. The minimum atomic E-state index is -0.664. The molecule has 4 bridgehead atoms. The molecule has 0 unspecified atom stereocenters. The highest BCUT2D eigenvalue weighted by atomic mass is 16.5. The van der Waals surface area contributed by atoms with Crippen LogP contribution in [0.4, 0.5) is 5.69 Å². The Labute approximate surface area is 370 Å². The highest BCUT2D eigenvalue weighted by Crippen LogP contribution is 2.44. The number of dihydropyridines is 1. The number of phenols is 2. The van der Waals surface area contributed by atoms with Crippen molar-refractivity contribution in [2.24, 2.45) is 17.3 Å². The Bertz CT molecular complexity index is 2420. The fraction of sp³-hybridized carbons (Fsp3) is 0.431. The molecule has 2 aromatic heterocycles. The zero-order valence-corrected chi connectivity index (χ0v) is 37.2. The molecule has 2 aromatic carbocycles.